The van der Waals surface area contributed by atoms with E-state index >= 15 is 0 Å². The van der Waals surface area contributed by atoms with Crippen LogP contribution >= 0.6 is 0 Å². The van der Waals surface area contributed by atoms with E-state index in [1.807, 2.05) is 6.92 Å². The van der Waals surface area contributed by atoms with Crippen molar-refractivity contribution in [1.82, 2.24) is 10.2 Å². The average Bonchev–Trinajstić information content (AvgIpc) is 3.12. The first-order valence-corrected chi connectivity index (χ1v) is 9.19. The zero-order valence-corrected chi connectivity index (χ0v) is 14.8. The van der Waals surface area contributed by atoms with Gasteiger partial charge in [-0.15, -0.1) is 0 Å². The number of ether oxygens (including phenoxy) is 1. The topological polar surface area (TPSA) is 82.0 Å². The number of nitrogens with zero attached hydrogens (tertiary/aromatic N) is 1. The number of carbonyl (C=O) groups excluding carboxylic acids is 1. The summed E-state index contributed by atoms with van der Waals surface area (Å²) in [6.45, 7) is 3.92. The Hall–Kier alpha value is -1.79. The number of morpholine rings is 1. The van der Waals surface area contributed by atoms with E-state index in [1.54, 1.807) is 6.07 Å². The van der Waals surface area contributed by atoms with E-state index in [9.17, 15) is 15.0 Å². The first-order chi connectivity index (χ1) is 12.0. The molecule has 1 aliphatic heterocycles. The minimum atomic E-state index is -0.215. The number of phenols is 2. The number of benzene rings is 1. The molecule has 3 rings (SSSR count). The summed E-state index contributed by atoms with van der Waals surface area (Å²) >= 11 is 0. The zero-order chi connectivity index (χ0) is 17.8. The molecule has 1 amide bonds. The molecule has 25 heavy (non-hydrogen) atoms. The highest BCUT2D eigenvalue weighted by molar-refractivity contribution is 5.82. The van der Waals surface area contributed by atoms with Gasteiger partial charge in [0.05, 0.1) is 13.2 Å². The van der Waals surface area contributed by atoms with Crippen LogP contribution in [0.3, 0.4) is 0 Å². The van der Waals surface area contributed by atoms with Gasteiger partial charge in [-0.3, -0.25) is 9.69 Å². The Labute approximate surface area is 148 Å². The fraction of sp³-hybridized carbons (Fsp3) is 0.632. The summed E-state index contributed by atoms with van der Waals surface area (Å²) < 4.78 is 5.56. The van der Waals surface area contributed by atoms with Crippen molar-refractivity contribution in [2.45, 2.75) is 57.2 Å². The molecule has 1 aliphatic carbocycles. The summed E-state index contributed by atoms with van der Waals surface area (Å²) in [7, 11) is 0. The fourth-order valence-electron chi connectivity index (χ4n) is 3.96. The largest absolute Gasteiger partial charge is 0.504 e. The molecular formula is C19H28N2O4. The van der Waals surface area contributed by atoms with Crippen molar-refractivity contribution in [1.29, 1.82) is 0 Å². The zero-order valence-electron chi connectivity index (χ0n) is 14.8. The number of phenolic OH excluding ortho intramolecular Hbond substituents is 2. The van der Waals surface area contributed by atoms with Gasteiger partial charge in [0.15, 0.2) is 11.5 Å². The van der Waals surface area contributed by atoms with Crippen molar-refractivity contribution in [3.05, 3.63) is 23.8 Å². The number of hydrogen-bond acceptors (Lipinski definition) is 5. The third-order valence-corrected chi connectivity index (χ3v) is 5.24. The lowest BCUT2D eigenvalue weighted by Crippen LogP contribution is -2.57. The number of nitrogens with one attached hydrogen (secondary N) is 1. The first-order valence-electron chi connectivity index (χ1n) is 9.19. The average molecular weight is 348 g/mol. The molecule has 1 saturated carbocycles. The molecule has 1 aromatic rings. The van der Waals surface area contributed by atoms with Crippen LogP contribution in [0.15, 0.2) is 18.2 Å². The number of aromatic hydroxyl groups is 2. The van der Waals surface area contributed by atoms with Gasteiger partial charge in [-0.25, -0.2) is 0 Å². The van der Waals surface area contributed by atoms with Gasteiger partial charge in [0.1, 0.15) is 6.04 Å². The van der Waals surface area contributed by atoms with Crippen LogP contribution in [0.2, 0.25) is 0 Å². The van der Waals surface area contributed by atoms with Crippen molar-refractivity contribution >= 4 is 5.91 Å². The molecule has 0 spiro atoms. The highest BCUT2D eigenvalue weighted by Gasteiger charge is 2.35. The van der Waals surface area contributed by atoms with Crippen molar-refractivity contribution < 1.29 is 19.7 Å². The summed E-state index contributed by atoms with van der Waals surface area (Å²) in [4.78, 5) is 15.1. The van der Waals surface area contributed by atoms with E-state index in [2.05, 4.69) is 10.2 Å². The maximum Gasteiger partial charge on any atom is 0.239 e. The fourth-order valence-corrected chi connectivity index (χ4v) is 3.96. The summed E-state index contributed by atoms with van der Waals surface area (Å²) in [5, 5.41) is 22.1. The van der Waals surface area contributed by atoms with Crippen LogP contribution in [0, 0.1) is 0 Å². The predicted molar refractivity (Wildman–Crippen MR) is 94.6 cm³/mol. The van der Waals surface area contributed by atoms with Gasteiger partial charge in [0.2, 0.25) is 5.91 Å². The van der Waals surface area contributed by atoms with Crippen LogP contribution in [-0.4, -0.2) is 58.9 Å². The molecule has 1 saturated heterocycles. The third kappa shape index (κ3) is 4.44. The third-order valence-electron chi connectivity index (χ3n) is 5.24. The SMILES string of the molecule is C[C@@H](Cc1ccc(O)c(O)c1)NC(=O)[C@@H]1COCCN1C1CCCC1. The van der Waals surface area contributed by atoms with Gasteiger partial charge in [0, 0.05) is 18.6 Å². The first kappa shape index (κ1) is 18.0. The van der Waals surface area contributed by atoms with E-state index in [-0.39, 0.29) is 29.5 Å². The number of amides is 1. The standard InChI is InChI=1S/C19H28N2O4/c1-13(10-14-6-7-17(22)18(23)11-14)20-19(24)16-12-25-9-8-21(16)15-4-2-3-5-15/h6-7,11,13,15-16,22-23H,2-5,8-10,12H2,1H3,(H,20,24)/t13-,16-/m0/s1. The van der Waals surface area contributed by atoms with E-state index < -0.39 is 0 Å². The summed E-state index contributed by atoms with van der Waals surface area (Å²) in [6, 6.07) is 4.98. The Morgan fingerprint density at radius 2 is 2.08 bits per heavy atom. The van der Waals surface area contributed by atoms with Gasteiger partial charge in [-0.2, -0.15) is 0 Å². The molecule has 6 heteroatoms. The molecule has 0 aromatic heterocycles. The van der Waals surface area contributed by atoms with Gasteiger partial charge in [0.25, 0.3) is 0 Å². The van der Waals surface area contributed by atoms with Crippen LogP contribution < -0.4 is 5.32 Å². The summed E-state index contributed by atoms with van der Waals surface area (Å²) in [6.07, 6.45) is 5.43. The monoisotopic (exact) mass is 348 g/mol. The van der Waals surface area contributed by atoms with Gasteiger partial charge < -0.3 is 20.3 Å². The van der Waals surface area contributed by atoms with Crippen LogP contribution in [-0.2, 0) is 16.0 Å². The Bertz CT molecular complexity index is 601. The Balaban J connectivity index is 1.58. The lowest BCUT2D eigenvalue weighted by Gasteiger charge is -2.39. The Kier molecular flexibility index (Phi) is 5.81. The highest BCUT2D eigenvalue weighted by atomic mass is 16.5. The minimum absolute atomic E-state index is 0.0158. The van der Waals surface area contributed by atoms with Crippen molar-refractivity contribution in [3.8, 4) is 11.5 Å². The van der Waals surface area contributed by atoms with Gasteiger partial charge >= 0.3 is 0 Å². The molecule has 138 valence electrons. The second-order valence-electron chi connectivity index (χ2n) is 7.20. The molecule has 2 atom stereocenters. The van der Waals surface area contributed by atoms with E-state index in [0.29, 0.717) is 25.7 Å². The molecule has 1 aromatic carbocycles. The predicted octanol–water partition coefficient (Wildman–Crippen LogP) is 1.79. The molecule has 0 unspecified atom stereocenters. The van der Waals surface area contributed by atoms with E-state index in [1.165, 1.54) is 37.8 Å². The summed E-state index contributed by atoms with van der Waals surface area (Å²) in [5.41, 5.74) is 0.871. The Morgan fingerprint density at radius 1 is 1.32 bits per heavy atom. The molecule has 6 nitrogen and oxygen atoms in total. The lowest BCUT2D eigenvalue weighted by atomic mass is 10.0. The van der Waals surface area contributed by atoms with E-state index in [0.717, 1.165) is 12.1 Å². The normalized spacial score (nSPS) is 23.5. The molecule has 0 radical (unpaired) electrons. The molecular weight excluding hydrogens is 320 g/mol. The van der Waals surface area contributed by atoms with Crippen LogP contribution in [0.1, 0.15) is 38.2 Å². The van der Waals surface area contributed by atoms with E-state index in [4.69, 9.17) is 4.74 Å². The smallest absolute Gasteiger partial charge is 0.239 e. The molecule has 1 heterocycles. The maximum absolute atomic E-state index is 12.8. The second kappa shape index (κ2) is 8.06. The molecule has 2 fully saturated rings. The lowest BCUT2D eigenvalue weighted by molar-refractivity contribution is -0.135. The minimum Gasteiger partial charge on any atom is -0.504 e. The molecule has 3 N–H and O–H groups in total. The van der Waals surface area contributed by atoms with Crippen molar-refractivity contribution in [2.75, 3.05) is 19.8 Å². The number of rotatable bonds is 5. The van der Waals surface area contributed by atoms with Crippen molar-refractivity contribution in [3.63, 3.8) is 0 Å². The maximum atomic E-state index is 12.8. The number of carbonyl (C=O) groups is 1. The van der Waals surface area contributed by atoms with Crippen LogP contribution in [0.5, 0.6) is 11.5 Å². The van der Waals surface area contributed by atoms with Crippen LogP contribution in [0.4, 0.5) is 0 Å². The number of hydrogen-bond donors (Lipinski definition) is 3. The van der Waals surface area contributed by atoms with Gasteiger partial charge in [-0.05, 0) is 43.9 Å². The van der Waals surface area contributed by atoms with Crippen LogP contribution in [0.25, 0.3) is 0 Å². The Morgan fingerprint density at radius 3 is 2.80 bits per heavy atom. The molecule has 0 bridgehead atoms. The van der Waals surface area contributed by atoms with Gasteiger partial charge in [-0.1, -0.05) is 18.9 Å². The summed E-state index contributed by atoms with van der Waals surface area (Å²) in [5.74, 6) is -0.252. The van der Waals surface area contributed by atoms with Crippen molar-refractivity contribution in [2.24, 2.45) is 0 Å². The second-order valence-corrected chi connectivity index (χ2v) is 7.20. The molecule has 2 aliphatic rings. The highest BCUT2D eigenvalue weighted by Crippen LogP contribution is 2.27. The quantitative estimate of drug-likeness (QED) is 0.707.